The zero-order valence-electron chi connectivity index (χ0n) is 8.15. The molecule has 0 saturated heterocycles. The van der Waals surface area contributed by atoms with Crippen LogP contribution in [0.2, 0.25) is 0 Å². The molecular formula is C13H18. The normalized spacial score (nSPS) is 28.9. The molecule has 0 radical (unpaired) electrons. The molecule has 0 aromatic carbocycles. The molecular weight excluding hydrogens is 156 g/mol. The van der Waals surface area contributed by atoms with Gasteiger partial charge in [-0.05, 0) is 25.7 Å². The summed E-state index contributed by atoms with van der Waals surface area (Å²) in [5.74, 6) is 0. The molecule has 1 aliphatic rings. The Balaban J connectivity index is 2.39. The third kappa shape index (κ3) is 6.15. The molecule has 0 fully saturated rings. The van der Waals surface area contributed by atoms with Crippen LogP contribution in [0.15, 0.2) is 48.6 Å². The maximum Gasteiger partial charge on any atom is -0.0348 e. The first kappa shape index (κ1) is 10.0. The van der Waals surface area contributed by atoms with Crippen molar-refractivity contribution >= 4 is 0 Å². The minimum atomic E-state index is 1.22. The lowest BCUT2D eigenvalue weighted by molar-refractivity contribution is 0.696. The second-order valence-corrected chi connectivity index (χ2v) is 3.26. The molecule has 1 aliphatic carbocycles. The Labute approximate surface area is 81.4 Å². The smallest absolute Gasteiger partial charge is 0.0348 e. The fourth-order valence-electron chi connectivity index (χ4n) is 1.31. The van der Waals surface area contributed by atoms with Crippen LogP contribution in [0.3, 0.4) is 0 Å². The Bertz CT molecular complexity index is 192. The molecule has 0 spiro atoms. The standard InChI is InChI=1S/C13H18/c1-2-4-6-8-10-12-13-11-9-7-5-3-1/h1-8H,9-13H2/b3-1+,4-2+,7-5-,8-6-. The predicted molar refractivity (Wildman–Crippen MR) is 59.6 cm³/mol. The first-order valence-electron chi connectivity index (χ1n) is 5.15. The lowest BCUT2D eigenvalue weighted by Crippen LogP contribution is -1.74. The van der Waals surface area contributed by atoms with E-state index in [-0.39, 0.29) is 0 Å². The van der Waals surface area contributed by atoms with Gasteiger partial charge in [-0.3, -0.25) is 0 Å². The Kier molecular flexibility index (Phi) is 5.87. The van der Waals surface area contributed by atoms with Crippen molar-refractivity contribution < 1.29 is 0 Å². The molecule has 0 aliphatic heterocycles. The third-order valence-electron chi connectivity index (χ3n) is 2.07. The largest absolute Gasteiger partial charge is 0.0845 e. The molecule has 0 N–H and O–H groups in total. The number of rotatable bonds is 0. The van der Waals surface area contributed by atoms with Crippen LogP contribution in [0.25, 0.3) is 0 Å². The fraction of sp³-hybridized carbons (Fsp3) is 0.385. The van der Waals surface area contributed by atoms with Gasteiger partial charge in [-0.25, -0.2) is 0 Å². The Hall–Kier alpha value is -1.04. The summed E-state index contributed by atoms with van der Waals surface area (Å²) in [5, 5.41) is 0. The van der Waals surface area contributed by atoms with E-state index in [1.54, 1.807) is 0 Å². The number of allylic oxidation sites excluding steroid dienone is 8. The highest BCUT2D eigenvalue weighted by Crippen LogP contribution is 2.04. The maximum absolute atomic E-state index is 2.25. The van der Waals surface area contributed by atoms with Crippen molar-refractivity contribution in [2.24, 2.45) is 0 Å². The Morgan fingerprint density at radius 2 is 0.923 bits per heavy atom. The molecule has 0 unspecified atom stereocenters. The molecule has 0 atom stereocenters. The molecule has 0 heterocycles. The molecule has 1 rings (SSSR count). The van der Waals surface area contributed by atoms with Gasteiger partial charge in [-0.1, -0.05) is 55.0 Å². The molecule has 0 aromatic rings. The molecule has 0 heteroatoms. The summed E-state index contributed by atoms with van der Waals surface area (Å²) < 4.78 is 0. The maximum atomic E-state index is 2.25. The zero-order valence-corrected chi connectivity index (χ0v) is 8.15. The van der Waals surface area contributed by atoms with E-state index in [2.05, 4.69) is 48.6 Å². The van der Waals surface area contributed by atoms with Crippen LogP contribution in [0.4, 0.5) is 0 Å². The van der Waals surface area contributed by atoms with Gasteiger partial charge in [-0.15, -0.1) is 0 Å². The summed E-state index contributed by atoms with van der Waals surface area (Å²) in [7, 11) is 0. The zero-order chi connectivity index (χ0) is 9.19. The second-order valence-electron chi connectivity index (χ2n) is 3.26. The fourth-order valence-corrected chi connectivity index (χ4v) is 1.31. The molecule has 0 saturated carbocycles. The van der Waals surface area contributed by atoms with Crippen molar-refractivity contribution in [3.8, 4) is 0 Å². The van der Waals surface area contributed by atoms with Gasteiger partial charge < -0.3 is 0 Å². The Morgan fingerprint density at radius 3 is 1.46 bits per heavy atom. The van der Waals surface area contributed by atoms with Gasteiger partial charge >= 0.3 is 0 Å². The van der Waals surface area contributed by atoms with Crippen molar-refractivity contribution in [1.29, 1.82) is 0 Å². The minimum absolute atomic E-state index is 1.22. The number of hydrogen-bond donors (Lipinski definition) is 0. The summed E-state index contributed by atoms with van der Waals surface area (Å²) in [4.78, 5) is 0. The first-order chi connectivity index (χ1) is 6.50. The van der Waals surface area contributed by atoms with Crippen LogP contribution in [0.5, 0.6) is 0 Å². The highest BCUT2D eigenvalue weighted by molar-refractivity contribution is 5.15. The van der Waals surface area contributed by atoms with Crippen LogP contribution in [-0.2, 0) is 0 Å². The average molecular weight is 174 g/mol. The van der Waals surface area contributed by atoms with Gasteiger partial charge in [0.2, 0.25) is 0 Å². The van der Waals surface area contributed by atoms with Gasteiger partial charge in [0.15, 0.2) is 0 Å². The van der Waals surface area contributed by atoms with E-state index in [9.17, 15) is 0 Å². The van der Waals surface area contributed by atoms with E-state index in [1.165, 1.54) is 32.1 Å². The van der Waals surface area contributed by atoms with Gasteiger partial charge in [0, 0.05) is 0 Å². The molecule has 0 aromatic heterocycles. The Morgan fingerprint density at radius 1 is 0.462 bits per heavy atom. The van der Waals surface area contributed by atoms with Gasteiger partial charge in [0.05, 0.1) is 0 Å². The van der Waals surface area contributed by atoms with Crippen molar-refractivity contribution in [2.45, 2.75) is 32.1 Å². The monoisotopic (exact) mass is 174 g/mol. The summed E-state index contributed by atoms with van der Waals surface area (Å²) in [6.45, 7) is 0. The van der Waals surface area contributed by atoms with Gasteiger partial charge in [-0.2, -0.15) is 0 Å². The van der Waals surface area contributed by atoms with E-state index in [4.69, 9.17) is 0 Å². The van der Waals surface area contributed by atoms with Crippen LogP contribution in [0.1, 0.15) is 32.1 Å². The van der Waals surface area contributed by atoms with Crippen molar-refractivity contribution in [3.63, 3.8) is 0 Å². The average Bonchev–Trinajstić information content (AvgIpc) is 2.18. The molecule has 70 valence electrons. The first-order valence-corrected chi connectivity index (χ1v) is 5.15. The molecule has 13 heavy (non-hydrogen) atoms. The summed E-state index contributed by atoms with van der Waals surface area (Å²) in [5.41, 5.74) is 0. The highest BCUT2D eigenvalue weighted by atomic mass is 13.9. The van der Waals surface area contributed by atoms with Crippen LogP contribution in [-0.4, -0.2) is 0 Å². The quantitative estimate of drug-likeness (QED) is 0.517. The number of hydrogen-bond acceptors (Lipinski definition) is 0. The second kappa shape index (κ2) is 7.60. The van der Waals surface area contributed by atoms with Crippen molar-refractivity contribution in [3.05, 3.63) is 48.6 Å². The predicted octanol–water partition coefficient (Wildman–Crippen LogP) is 4.18. The minimum Gasteiger partial charge on any atom is -0.0845 e. The third-order valence-corrected chi connectivity index (χ3v) is 2.07. The van der Waals surface area contributed by atoms with E-state index in [0.29, 0.717) is 0 Å². The highest BCUT2D eigenvalue weighted by Gasteiger charge is 1.85. The SMILES string of the molecule is C1=C\CCCCC\C=C/C=C/C=C/1. The summed E-state index contributed by atoms with van der Waals surface area (Å²) in [6.07, 6.45) is 23.5. The molecule has 0 bridgehead atoms. The lowest BCUT2D eigenvalue weighted by atomic mass is 10.1. The van der Waals surface area contributed by atoms with E-state index < -0.39 is 0 Å². The van der Waals surface area contributed by atoms with Crippen molar-refractivity contribution in [1.82, 2.24) is 0 Å². The van der Waals surface area contributed by atoms with Crippen LogP contribution in [0, 0.1) is 0 Å². The van der Waals surface area contributed by atoms with E-state index >= 15 is 0 Å². The van der Waals surface area contributed by atoms with Crippen LogP contribution >= 0.6 is 0 Å². The van der Waals surface area contributed by atoms with Crippen LogP contribution < -0.4 is 0 Å². The lowest BCUT2D eigenvalue weighted by Gasteiger charge is -1.93. The van der Waals surface area contributed by atoms with E-state index in [1.807, 2.05) is 0 Å². The summed E-state index contributed by atoms with van der Waals surface area (Å²) in [6, 6.07) is 0. The topological polar surface area (TPSA) is 0 Å². The van der Waals surface area contributed by atoms with Gasteiger partial charge in [0.1, 0.15) is 0 Å². The molecule has 0 amide bonds. The molecule has 0 nitrogen and oxygen atoms in total. The van der Waals surface area contributed by atoms with Crippen molar-refractivity contribution in [2.75, 3.05) is 0 Å². The van der Waals surface area contributed by atoms with E-state index in [0.717, 1.165) is 0 Å². The van der Waals surface area contributed by atoms with Gasteiger partial charge in [0.25, 0.3) is 0 Å². The summed E-state index contributed by atoms with van der Waals surface area (Å²) >= 11 is 0.